The van der Waals surface area contributed by atoms with E-state index in [4.69, 9.17) is 4.74 Å². The van der Waals surface area contributed by atoms with Crippen LogP contribution in [0, 0.1) is 40.4 Å². The fraction of sp³-hybridized carbons (Fsp3) is 0.862. The summed E-state index contributed by atoms with van der Waals surface area (Å²) in [6.45, 7) is 13.6. The molecule has 180 valence electrons. The van der Waals surface area contributed by atoms with Crippen molar-refractivity contribution in [3.05, 3.63) is 11.1 Å². The standard InChI is InChI=1S/C29H46O3/c1-18(2)8-7-9-19(3)23-10-11-24-27-25(13-15-29(23,24)6)28(5)14-12-22(32-20(4)30)16-21(28)17-26(27)31/h18-19,21-24H,7-17H2,1-6H3/t19-,21-,22-,23-,24+,28+,29-/m1/s1. The first-order chi connectivity index (χ1) is 15.1. The SMILES string of the molecule is CC(=O)O[C@@H]1CC[C@]2(C)C3=C(C(=O)C[C@H]2C1)[C@@H]1CC[C@H]([C@H](C)CCCC(C)C)[C@@]1(C)CC3. The molecule has 4 aliphatic carbocycles. The highest BCUT2D eigenvalue weighted by molar-refractivity contribution is 5.98. The van der Waals surface area contributed by atoms with Crippen LogP contribution in [0.5, 0.6) is 0 Å². The largest absolute Gasteiger partial charge is 0.463 e. The Balaban J connectivity index is 1.54. The smallest absolute Gasteiger partial charge is 0.302 e. The van der Waals surface area contributed by atoms with Crippen LogP contribution in [0.4, 0.5) is 0 Å². The van der Waals surface area contributed by atoms with Crippen molar-refractivity contribution in [1.29, 1.82) is 0 Å². The predicted octanol–water partition coefficient (Wildman–Crippen LogP) is 7.28. The van der Waals surface area contributed by atoms with E-state index in [0.717, 1.165) is 43.4 Å². The van der Waals surface area contributed by atoms with Gasteiger partial charge in [-0.1, -0.05) is 59.5 Å². The molecule has 0 N–H and O–H groups in total. The normalized spacial score (nSPS) is 40.0. The molecular weight excluding hydrogens is 396 g/mol. The van der Waals surface area contributed by atoms with Crippen LogP contribution in [0.2, 0.25) is 0 Å². The van der Waals surface area contributed by atoms with Gasteiger partial charge < -0.3 is 4.74 Å². The van der Waals surface area contributed by atoms with Gasteiger partial charge in [0.15, 0.2) is 5.78 Å². The Hall–Kier alpha value is -1.12. The number of carbonyl (C=O) groups is 2. The second-order valence-electron chi connectivity index (χ2n) is 12.7. The Morgan fingerprint density at radius 1 is 1.09 bits per heavy atom. The van der Waals surface area contributed by atoms with E-state index in [-0.39, 0.29) is 17.5 Å². The lowest BCUT2D eigenvalue weighted by Crippen LogP contribution is -2.48. The first kappa shape index (κ1) is 24.0. The minimum absolute atomic E-state index is 0.00284. The minimum Gasteiger partial charge on any atom is -0.463 e. The van der Waals surface area contributed by atoms with Crippen LogP contribution in [0.3, 0.4) is 0 Å². The van der Waals surface area contributed by atoms with Gasteiger partial charge in [-0.15, -0.1) is 0 Å². The van der Waals surface area contributed by atoms with Gasteiger partial charge in [-0.2, -0.15) is 0 Å². The second-order valence-corrected chi connectivity index (χ2v) is 12.7. The number of hydrogen-bond acceptors (Lipinski definition) is 3. The third-order valence-electron chi connectivity index (χ3n) is 10.3. The Morgan fingerprint density at radius 3 is 2.53 bits per heavy atom. The summed E-state index contributed by atoms with van der Waals surface area (Å²) >= 11 is 0. The van der Waals surface area contributed by atoms with Crippen LogP contribution in [-0.4, -0.2) is 17.9 Å². The van der Waals surface area contributed by atoms with E-state index in [2.05, 4.69) is 34.6 Å². The molecule has 3 heteroatoms. The minimum atomic E-state index is -0.186. The first-order valence-electron chi connectivity index (χ1n) is 13.5. The molecule has 0 amide bonds. The summed E-state index contributed by atoms with van der Waals surface area (Å²) < 4.78 is 5.56. The van der Waals surface area contributed by atoms with Crippen LogP contribution < -0.4 is 0 Å². The molecule has 2 fully saturated rings. The number of hydrogen-bond donors (Lipinski definition) is 0. The highest BCUT2D eigenvalue weighted by atomic mass is 16.5. The lowest BCUT2D eigenvalue weighted by atomic mass is 9.50. The Morgan fingerprint density at radius 2 is 1.84 bits per heavy atom. The summed E-state index contributed by atoms with van der Waals surface area (Å²) in [6, 6.07) is 0. The topological polar surface area (TPSA) is 43.4 Å². The fourth-order valence-electron chi connectivity index (χ4n) is 8.52. The van der Waals surface area contributed by atoms with E-state index in [1.165, 1.54) is 56.6 Å². The van der Waals surface area contributed by atoms with Crippen LogP contribution in [0.15, 0.2) is 11.1 Å². The molecule has 4 rings (SSSR count). The summed E-state index contributed by atoms with van der Waals surface area (Å²) in [5.41, 5.74) is 3.20. The number of rotatable bonds is 6. The van der Waals surface area contributed by atoms with Crippen LogP contribution >= 0.6 is 0 Å². The Kier molecular flexibility index (Phi) is 6.69. The van der Waals surface area contributed by atoms with Gasteiger partial charge in [-0.3, -0.25) is 9.59 Å². The lowest BCUT2D eigenvalue weighted by Gasteiger charge is -2.54. The van der Waals surface area contributed by atoms with Crippen molar-refractivity contribution in [2.24, 2.45) is 40.4 Å². The van der Waals surface area contributed by atoms with E-state index in [1.54, 1.807) is 0 Å². The molecule has 0 unspecified atom stereocenters. The molecule has 0 bridgehead atoms. The summed E-state index contributed by atoms with van der Waals surface area (Å²) in [4.78, 5) is 25.1. The van der Waals surface area contributed by atoms with Gasteiger partial charge in [0.1, 0.15) is 6.10 Å². The van der Waals surface area contributed by atoms with E-state index in [0.29, 0.717) is 29.5 Å². The molecule has 32 heavy (non-hydrogen) atoms. The van der Waals surface area contributed by atoms with Gasteiger partial charge in [0.05, 0.1) is 0 Å². The van der Waals surface area contributed by atoms with Crippen LogP contribution in [0.25, 0.3) is 0 Å². The Labute approximate surface area is 196 Å². The van der Waals surface area contributed by atoms with Crippen molar-refractivity contribution in [2.45, 2.75) is 118 Å². The van der Waals surface area contributed by atoms with Gasteiger partial charge in [0, 0.05) is 13.3 Å². The number of ether oxygens (including phenoxy) is 1. The van der Waals surface area contributed by atoms with Gasteiger partial charge in [-0.25, -0.2) is 0 Å². The number of Topliss-reactive ketones (excluding diaryl/α,β-unsaturated/α-hetero) is 1. The van der Waals surface area contributed by atoms with Crippen molar-refractivity contribution in [3.8, 4) is 0 Å². The average molecular weight is 443 g/mol. The Bertz CT molecular complexity index is 779. The second kappa shape index (κ2) is 8.91. The zero-order chi connectivity index (χ0) is 23.3. The third kappa shape index (κ3) is 4.11. The molecule has 0 heterocycles. The number of fused-ring (bicyclic) bond motifs is 4. The van der Waals surface area contributed by atoms with Gasteiger partial charge >= 0.3 is 5.97 Å². The van der Waals surface area contributed by atoms with Crippen molar-refractivity contribution in [1.82, 2.24) is 0 Å². The van der Waals surface area contributed by atoms with Crippen molar-refractivity contribution in [2.75, 3.05) is 0 Å². The molecule has 2 saturated carbocycles. The summed E-state index contributed by atoms with van der Waals surface area (Å²) in [5.74, 6) is 3.35. The number of allylic oxidation sites excluding steroid dienone is 2. The van der Waals surface area contributed by atoms with Crippen LogP contribution in [-0.2, 0) is 14.3 Å². The highest BCUT2D eigenvalue weighted by Crippen LogP contribution is 2.65. The van der Waals surface area contributed by atoms with Crippen LogP contribution in [0.1, 0.15) is 112 Å². The molecular formula is C29H46O3. The van der Waals surface area contributed by atoms with E-state index in [9.17, 15) is 9.59 Å². The number of carbonyl (C=O) groups excluding carboxylic acids is 2. The molecule has 0 aromatic heterocycles. The molecule has 0 spiro atoms. The number of ketones is 1. The molecule has 0 aromatic rings. The summed E-state index contributed by atoms with van der Waals surface area (Å²) in [5, 5.41) is 0. The van der Waals surface area contributed by atoms with Crippen molar-refractivity contribution >= 4 is 11.8 Å². The molecule has 7 atom stereocenters. The van der Waals surface area contributed by atoms with Gasteiger partial charge in [0.25, 0.3) is 0 Å². The molecule has 4 aliphatic rings. The van der Waals surface area contributed by atoms with Crippen molar-refractivity contribution in [3.63, 3.8) is 0 Å². The van der Waals surface area contributed by atoms with Crippen molar-refractivity contribution < 1.29 is 14.3 Å². The van der Waals surface area contributed by atoms with Gasteiger partial charge in [0.2, 0.25) is 0 Å². The molecule has 3 nitrogen and oxygen atoms in total. The number of esters is 1. The first-order valence-corrected chi connectivity index (χ1v) is 13.5. The quantitative estimate of drug-likeness (QED) is 0.406. The summed E-state index contributed by atoms with van der Waals surface area (Å²) in [6.07, 6.45) is 12.4. The molecule has 0 radical (unpaired) electrons. The summed E-state index contributed by atoms with van der Waals surface area (Å²) in [7, 11) is 0. The molecule has 0 aliphatic heterocycles. The maximum absolute atomic E-state index is 13.6. The molecule has 0 aromatic carbocycles. The van der Waals surface area contributed by atoms with E-state index >= 15 is 0 Å². The van der Waals surface area contributed by atoms with E-state index < -0.39 is 0 Å². The maximum atomic E-state index is 13.6. The fourth-order valence-corrected chi connectivity index (χ4v) is 8.52. The third-order valence-corrected chi connectivity index (χ3v) is 10.3. The zero-order valence-electron chi connectivity index (χ0n) is 21.5. The lowest BCUT2D eigenvalue weighted by molar-refractivity contribution is -0.150. The van der Waals surface area contributed by atoms with Gasteiger partial charge in [-0.05, 0) is 90.9 Å². The molecule has 0 saturated heterocycles. The average Bonchev–Trinajstić information content (AvgIpc) is 3.05. The highest BCUT2D eigenvalue weighted by Gasteiger charge is 2.58. The zero-order valence-corrected chi connectivity index (χ0v) is 21.5. The predicted molar refractivity (Wildman–Crippen MR) is 129 cm³/mol. The monoisotopic (exact) mass is 442 g/mol. The van der Waals surface area contributed by atoms with E-state index in [1.807, 2.05) is 0 Å². The maximum Gasteiger partial charge on any atom is 0.302 e.